The first kappa shape index (κ1) is 45.5. The number of carbonyl (C=O) groups is 2. The molecule has 0 aliphatic carbocycles. The van der Waals surface area contributed by atoms with Crippen molar-refractivity contribution in [2.45, 2.75) is 77.5 Å². The number of aryl methyl sites for hydroxylation is 1. The highest BCUT2D eigenvalue weighted by molar-refractivity contribution is 7.13. The topological polar surface area (TPSA) is 157 Å². The van der Waals surface area contributed by atoms with Crippen LogP contribution in [0.25, 0.3) is 33.4 Å². The number of amides is 2. The summed E-state index contributed by atoms with van der Waals surface area (Å²) in [5.41, 5.74) is 8.03. The van der Waals surface area contributed by atoms with Gasteiger partial charge in [-0.25, -0.2) is 9.97 Å². The van der Waals surface area contributed by atoms with E-state index < -0.39 is 18.1 Å². The molecule has 14 nitrogen and oxygen atoms in total. The molecule has 3 fully saturated rings. The quantitative estimate of drug-likeness (QED) is 0.102. The monoisotopic (exact) mass is 929 g/mol. The van der Waals surface area contributed by atoms with Gasteiger partial charge in [0, 0.05) is 81.6 Å². The van der Waals surface area contributed by atoms with Gasteiger partial charge >= 0.3 is 0 Å². The van der Waals surface area contributed by atoms with E-state index in [1.807, 2.05) is 81.1 Å². The fraction of sp³-hybridized carbons (Fsp3) is 0.440. The molecule has 4 aromatic heterocycles. The third kappa shape index (κ3) is 10.5. The number of benzene rings is 2. The lowest BCUT2D eigenvalue weighted by Crippen LogP contribution is -2.48. The Morgan fingerprint density at radius 3 is 2.36 bits per heavy atom. The summed E-state index contributed by atoms with van der Waals surface area (Å²) in [6.07, 6.45) is 8.75. The molecular formula is C50H59N9O5S2. The highest BCUT2D eigenvalue weighted by atomic mass is 32.1. The van der Waals surface area contributed by atoms with Crippen LogP contribution in [0.5, 0.6) is 0 Å². The standard InChI is InChI=1S/C50H59N9O5S2/c1-32(2)46(50(62)59-30-41(60)28-42(59)48(61)53-33(3)37-8-10-38(11-9-37)47-34(4)52-31-66-47)43-29-45(55-63-43)58-24-22-56(23-25-58)19-15-36-16-20-57(21-17-36)40-13-6-35(7-14-40)5-12-39-27-44(64-54-39)49-51-18-26-65-49/h5-14,18,26-27,29,31-33,36,41-42,46,60H,15-17,19-25,28,30H2,1-4H3,(H,53,61)/b12-5+/t33-,41+,42-,46+/m0/s1. The zero-order valence-corrected chi connectivity index (χ0v) is 39.7. The van der Waals surface area contributed by atoms with Crippen LogP contribution in [-0.4, -0.2) is 112 Å². The number of β-amino-alcohol motifs (C(OH)–C–C–N with tert-alkyl or cyclic N) is 1. The van der Waals surface area contributed by atoms with Gasteiger partial charge in [0.05, 0.1) is 28.2 Å². The van der Waals surface area contributed by atoms with Crippen molar-refractivity contribution in [1.29, 1.82) is 0 Å². The minimum atomic E-state index is -0.793. The molecule has 6 aromatic rings. The number of aliphatic hydroxyl groups excluding tert-OH is 1. The van der Waals surface area contributed by atoms with E-state index in [0.717, 1.165) is 89.6 Å². The average molecular weight is 930 g/mol. The molecule has 16 heteroatoms. The van der Waals surface area contributed by atoms with Crippen LogP contribution < -0.4 is 15.1 Å². The third-order valence-corrected chi connectivity index (χ3v) is 15.2. The van der Waals surface area contributed by atoms with Crippen molar-refractivity contribution in [3.8, 4) is 21.2 Å². The fourth-order valence-corrected chi connectivity index (χ4v) is 10.9. The number of carbonyl (C=O) groups excluding carboxylic acids is 2. The number of aliphatic hydroxyl groups is 1. The number of hydrogen-bond donors (Lipinski definition) is 2. The van der Waals surface area contributed by atoms with Crippen LogP contribution in [0.1, 0.15) is 86.7 Å². The van der Waals surface area contributed by atoms with Gasteiger partial charge in [0.2, 0.25) is 11.8 Å². The summed E-state index contributed by atoms with van der Waals surface area (Å²) in [5.74, 6) is 1.34. The summed E-state index contributed by atoms with van der Waals surface area (Å²) in [5, 5.41) is 25.2. The molecule has 0 radical (unpaired) electrons. The Morgan fingerprint density at radius 1 is 0.894 bits per heavy atom. The molecule has 3 aliphatic heterocycles. The molecule has 0 unspecified atom stereocenters. The van der Waals surface area contributed by atoms with Gasteiger partial charge in [-0.05, 0) is 86.4 Å². The largest absolute Gasteiger partial charge is 0.391 e. The second-order valence-corrected chi connectivity index (χ2v) is 20.0. The molecule has 9 rings (SSSR count). The van der Waals surface area contributed by atoms with E-state index in [2.05, 4.69) is 70.6 Å². The Kier molecular flexibility index (Phi) is 14.1. The smallest absolute Gasteiger partial charge is 0.243 e. The van der Waals surface area contributed by atoms with Crippen LogP contribution in [0.2, 0.25) is 0 Å². The summed E-state index contributed by atoms with van der Waals surface area (Å²) in [6, 6.07) is 19.6. The zero-order chi connectivity index (χ0) is 45.7. The van der Waals surface area contributed by atoms with Crippen LogP contribution in [0, 0.1) is 18.8 Å². The lowest BCUT2D eigenvalue weighted by Gasteiger charge is -2.37. The number of anilines is 2. The number of aromatic nitrogens is 4. The van der Waals surface area contributed by atoms with Gasteiger partial charge in [0.25, 0.3) is 0 Å². The van der Waals surface area contributed by atoms with Gasteiger partial charge in [-0.15, -0.1) is 22.7 Å². The van der Waals surface area contributed by atoms with E-state index in [1.54, 1.807) is 17.5 Å². The van der Waals surface area contributed by atoms with Gasteiger partial charge in [-0.2, -0.15) is 0 Å². The van der Waals surface area contributed by atoms with Crippen LogP contribution in [0.15, 0.2) is 86.8 Å². The van der Waals surface area contributed by atoms with E-state index in [4.69, 9.17) is 9.05 Å². The van der Waals surface area contributed by atoms with Crippen molar-refractivity contribution in [3.05, 3.63) is 106 Å². The maximum atomic E-state index is 14.3. The summed E-state index contributed by atoms with van der Waals surface area (Å²) in [7, 11) is 0. The Labute approximate surface area is 394 Å². The fourth-order valence-electron chi connectivity index (χ4n) is 9.53. The Bertz CT molecular complexity index is 2550. The first-order chi connectivity index (χ1) is 32.1. The molecule has 2 amide bonds. The Hall–Kier alpha value is -5.68. The van der Waals surface area contributed by atoms with Crippen molar-refractivity contribution in [1.82, 2.24) is 35.4 Å². The number of nitrogens with zero attached hydrogens (tertiary/aromatic N) is 8. The lowest BCUT2D eigenvalue weighted by molar-refractivity contribution is -0.141. The molecule has 346 valence electrons. The number of piperidine rings is 1. The SMILES string of the molecule is Cc1ncsc1-c1ccc([C@H](C)NC(=O)[C@@H]2C[C@@H](O)CN2C(=O)[C@@H](c2cc(N3CCN(CCC4CCN(c5ccc(/C=C/c6cc(-c7nccs7)on6)cc5)CC4)CC3)no2)C(C)C)cc1. The van der Waals surface area contributed by atoms with E-state index in [0.29, 0.717) is 17.4 Å². The molecule has 4 atom stereocenters. The Balaban J connectivity index is 0.719. The average Bonchev–Trinajstić information content (AvgIpc) is 4.20. The number of likely N-dealkylation sites (tertiary alicyclic amines) is 1. The molecule has 3 saturated heterocycles. The molecule has 0 bridgehead atoms. The normalized spacial score (nSPS) is 19.6. The zero-order valence-electron chi connectivity index (χ0n) is 38.1. The van der Waals surface area contributed by atoms with Crippen LogP contribution in [0.4, 0.5) is 11.5 Å². The van der Waals surface area contributed by atoms with Crippen LogP contribution in [0.3, 0.4) is 0 Å². The predicted octanol–water partition coefficient (Wildman–Crippen LogP) is 8.40. The van der Waals surface area contributed by atoms with Crippen molar-refractivity contribution >= 4 is 58.1 Å². The van der Waals surface area contributed by atoms with Crippen LogP contribution in [-0.2, 0) is 9.59 Å². The number of piperazine rings is 1. The second-order valence-electron chi connectivity index (χ2n) is 18.3. The molecule has 2 N–H and O–H groups in total. The van der Waals surface area contributed by atoms with Gasteiger partial charge in [0.1, 0.15) is 17.7 Å². The second kappa shape index (κ2) is 20.5. The molecule has 66 heavy (non-hydrogen) atoms. The highest BCUT2D eigenvalue weighted by Crippen LogP contribution is 2.34. The summed E-state index contributed by atoms with van der Waals surface area (Å²) in [4.78, 5) is 46.7. The van der Waals surface area contributed by atoms with Gasteiger partial charge in [-0.3, -0.25) is 14.5 Å². The summed E-state index contributed by atoms with van der Waals surface area (Å²) >= 11 is 3.13. The Morgan fingerprint density at radius 2 is 1.67 bits per heavy atom. The summed E-state index contributed by atoms with van der Waals surface area (Å²) in [6.45, 7) is 14.7. The summed E-state index contributed by atoms with van der Waals surface area (Å²) < 4.78 is 11.4. The molecule has 7 heterocycles. The minimum Gasteiger partial charge on any atom is -0.391 e. The van der Waals surface area contributed by atoms with Gasteiger partial charge in [0.15, 0.2) is 22.3 Å². The van der Waals surface area contributed by atoms with E-state index in [1.165, 1.54) is 41.2 Å². The lowest BCUT2D eigenvalue weighted by atomic mass is 9.91. The van der Waals surface area contributed by atoms with Gasteiger partial charge in [-0.1, -0.05) is 66.6 Å². The first-order valence-electron chi connectivity index (χ1n) is 23.2. The number of hydrogen-bond acceptors (Lipinski definition) is 14. The van der Waals surface area contributed by atoms with Crippen molar-refractivity contribution in [3.63, 3.8) is 0 Å². The number of thiazole rings is 2. The third-order valence-electron chi connectivity index (χ3n) is 13.4. The van der Waals surface area contributed by atoms with E-state index in [-0.39, 0.29) is 36.7 Å². The van der Waals surface area contributed by atoms with E-state index in [9.17, 15) is 14.7 Å². The molecule has 2 aromatic carbocycles. The molecule has 0 saturated carbocycles. The highest BCUT2D eigenvalue weighted by Gasteiger charge is 2.43. The minimum absolute atomic E-state index is 0.0920. The predicted molar refractivity (Wildman–Crippen MR) is 260 cm³/mol. The van der Waals surface area contributed by atoms with Crippen molar-refractivity contribution in [2.75, 3.05) is 62.2 Å². The van der Waals surface area contributed by atoms with Gasteiger partial charge < -0.3 is 34.2 Å². The number of nitrogens with one attached hydrogen (secondary N) is 1. The first-order valence-corrected chi connectivity index (χ1v) is 24.9. The van der Waals surface area contributed by atoms with Crippen molar-refractivity contribution < 1.29 is 23.7 Å². The maximum absolute atomic E-state index is 14.3. The number of rotatable bonds is 15. The van der Waals surface area contributed by atoms with Crippen LogP contribution >= 0.6 is 22.7 Å². The maximum Gasteiger partial charge on any atom is 0.243 e. The van der Waals surface area contributed by atoms with E-state index >= 15 is 0 Å². The molecular weight excluding hydrogens is 871 g/mol. The molecule has 0 spiro atoms. The molecule has 3 aliphatic rings. The van der Waals surface area contributed by atoms with Crippen molar-refractivity contribution in [2.24, 2.45) is 11.8 Å².